The Kier molecular flexibility index (Phi) is 4.41. The van der Waals surface area contributed by atoms with E-state index < -0.39 is 6.10 Å². The topological polar surface area (TPSA) is 20.2 Å². The molecule has 0 radical (unpaired) electrons. The van der Waals surface area contributed by atoms with E-state index in [0.29, 0.717) is 5.02 Å². The quantitative estimate of drug-likeness (QED) is 0.646. The highest BCUT2D eigenvalue weighted by Gasteiger charge is 2.05. The highest BCUT2D eigenvalue weighted by Crippen LogP contribution is 2.24. The third-order valence-corrected chi connectivity index (χ3v) is 3.35. The van der Waals surface area contributed by atoms with Crippen molar-refractivity contribution in [2.24, 2.45) is 0 Å². The molecule has 0 aliphatic carbocycles. The van der Waals surface area contributed by atoms with Gasteiger partial charge in [0.05, 0.1) is 11.1 Å². The fourth-order valence-corrected chi connectivity index (χ4v) is 1.63. The molecule has 0 aliphatic heterocycles. The molecule has 76 valence electrons. The van der Waals surface area contributed by atoms with Gasteiger partial charge in [0, 0.05) is 3.57 Å². The molecule has 0 saturated carbocycles. The molecule has 0 heterocycles. The minimum Gasteiger partial charge on any atom is -0.384 e. The Morgan fingerprint density at radius 1 is 1.50 bits per heavy atom. The third kappa shape index (κ3) is 3.26. The number of benzene rings is 1. The molecule has 1 nitrogen and oxygen atoms in total. The van der Waals surface area contributed by atoms with Crippen LogP contribution >= 0.6 is 34.2 Å². The van der Waals surface area contributed by atoms with Gasteiger partial charge in [0.2, 0.25) is 0 Å². The molecule has 1 aromatic rings. The number of hydrogen-bond donors (Lipinski definition) is 1. The van der Waals surface area contributed by atoms with Gasteiger partial charge in [0.15, 0.2) is 0 Å². The van der Waals surface area contributed by atoms with Gasteiger partial charge in [-0.05, 0) is 54.1 Å². The van der Waals surface area contributed by atoms with Crippen molar-refractivity contribution in [3.05, 3.63) is 44.0 Å². The van der Waals surface area contributed by atoms with Crippen LogP contribution in [0, 0.1) is 3.57 Å². The Bertz CT molecular complexity index is 356. The average molecular weight is 323 g/mol. The third-order valence-electron chi connectivity index (χ3n) is 1.78. The van der Waals surface area contributed by atoms with Gasteiger partial charge in [0.1, 0.15) is 0 Å². The monoisotopic (exact) mass is 322 g/mol. The zero-order chi connectivity index (χ0) is 10.7. The number of halogens is 2. The van der Waals surface area contributed by atoms with Crippen molar-refractivity contribution in [2.45, 2.75) is 20.0 Å². The first-order valence-corrected chi connectivity index (χ1v) is 5.74. The summed E-state index contributed by atoms with van der Waals surface area (Å²) in [5.41, 5.74) is 1.92. The minimum atomic E-state index is -0.561. The summed E-state index contributed by atoms with van der Waals surface area (Å²) in [5.74, 6) is 0. The largest absolute Gasteiger partial charge is 0.384 e. The molecule has 0 aromatic heterocycles. The molecule has 3 heteroatoms. The summed E-state index contributed by atoms with van der Waals surface area (Å²) in [6.07, 6.45) is 1.24. The van der Waals surface area contributed by atoms with Crippen LogP contribution in [-0.4, -0.2) is 5.11 Å². The predicted molar refractivity (Wildman–Crippen MR) is 68.6 cm³/mol. The fourth-order valence-electron chi connectivity index (χ4n) is 1.11. The van der Waals surface area contributed by atoms with Gasteiger partial charge in [-0.2, -0.15) is 0 Å². The van der Waals surface area contributed by atoms with Crippen molar-refractivity contribution < 1.29 is 5.11 Å². The highest BCUT2D eigenvalue weighted by atomic mass is 127. The lowest BCUT2D eigenvalue weighted by Gasteiger charge is -2.08. The Hall–Kier alpha value is -0.0600. The zero-order valence-electron chi connectivity index (χ0n) is 8.09. The molecule has 1 atom stereocenters. The van der Waals surface area contributed by atoms with Gasteiger partial charge in [-0.15, -0.1) is 0 Å². The van der Waals surface area contributed by atoms with Crippen molar-refractivity contribution in [3.63, 3.8) is 0 Å². The Morgan fingerprint density at radius 2 is 2.14 bits per heavy atom. The Labute approximate surface area is 103 Å². The van der Waals surface area contributed by atoms with Gasteiger partial charge >= 0.3 is 0 Å². The molecule has 1 rings (SSSR count). The van der Waals surface area contributed by atoms with E-state index in [-0.39, 0.29) is 0 Å². The molecular weight excluding hydrogens is 310 g/mol. The van der Waals surface area contributed by atoms with Gasteiger partial charge in [0.25, 0.3) is 0 Å². The van der Waals surface area contributed by atoms with E-state index in [4.69, 9.17) is 11.6 Å². The van der Waals surface area contributed by atoms with Crippen LogP contribution in [0.25, 0.3) is 0 Å². The smallest absolute Gasteiger partial charge is 0.0974 e. The summed E-state index contributed by atoms with van der Waals surface area (Å²) in [5, 5.41) is 10.5. The first kappa shape index (κ1) is 12.0. The Balaban J connectivity index is 2.97. The van der Waals surface area contributed by atoms with Crippen molar-refractivity contribution in [3.8, 4) is 0 Å². The molecule has 1 aromatic carbocycles. The van der Waals surface area contributed by atoms with Gasteiger partial charge in [-0.1, -0.05) is 29.3 Å². The average Bonchev–Trinajstić information content (AvgIpc) is 2.08. The second kappa shape index (κ2) is 5.14. The van der Waals surface area contributed by atoms with Gasteiger partial charge in [-0.25, -0.2) is 0 Å². The summed E-state index contributed by atoms with van der Waals surface area (Å²) in [4.78, 5) is 0. The standard InChI is InChI=1S/C11H12ClIO/c1-7(2)5-11(14)8-3-4-10(13)9(12)6-8/h3-6,11,14H,1-2H3. The summed E-state index contributed by atoms with van der Waals surface area (Å²) in [7, 11) is 0. The SMILES string of the molecule is CC(C)=CC(O)c1ccc(I)c(Cl)c1. The van der Waals surface area contributed by atoms with Crippen LogP contribution in [0.4, 0.5) is 0 Å². The summed E-state index contributed by atoms with van der Waals surface area (Å²) < 4.78 is 0.998. The van der Waals surface area contributed by atoms with Crippen molar-refractivity contribution in [1.29, 1.82) is 0 Å². The molecule has 1 unspecified atom stereocenters. The zero-order valence-corrected chi connectivity index (χ0v) is 11.0. The van der Waals surface area contributed by atoms with Crippen molar-refractivity contribution in [1.82, 2.24) is 0 Å². The molecule has 0 amide bonds. The second-order valence-electron chi connectivity index (χ2n) is 3.36. The minimum absolute atomic E-state index is 0.561. The molecular formula is C11H12ClIO. The number of aliphatic hydroxyl groups excluding tert-OH is 1. The molecule has 0 bridgehead atoms. The van der Waals surface area contributed by atoms with E-state index in [0.717, 1.165) is 14.7 Å². The van der Waals surface area contributed by atoms with Crippen LogP contribution in [0.1, 0.15) is 25.5 Å². The van der Waals surface area contributed by atoms with E-state index in [1.807, 2.05) is 26.0 Å². The molecule has 0 spiro atoms. The van der Waals surface area contributed by atoms with E-state index in [1.165, 1.54) is 0 Å². The van der Waals surface area contributed by atoms with Crippen LogP contribution in [0.3, 0.4) is 0 Å². The van der Waals surface area contributed by atoms with Gasteiger partial charge in [-0.3, -0.25) is 0 Å². The number of rotatable bonds is 2. The predicted octanol–water partition coefficient (Wildman–Crippen LogP) is 3.94. The van der Waals surface area contributed by atoms with Gasteiger partial charge < -0.3 is 5.11 Å². The van der Waals surface area contributed by atoms with Crippen LogP contribution in [-0.2, 0) is 0 Å². The lowest BCUT2D eigenvalue weighted by Crippen LogP contribution is -1.94. The van der Waals surface area contributed by atoms with E-state index >= 15 is 0 Å². The maximum Gasteiger partial charge on any atom is 0.0974 e. The molecule has 0 aliphatic rings. The summed E-state index contributed by atoms with van der Waals surface area (Å²) in [6, 6.07) is 5.59. The molecule has 14 heavy (non-hydrogen) atoms. The first-order chi connectivity index (χ1) is 6.50. The summed E-state index contributed by atoms with van der Waals surface area (Å²) in [6.45, 7) is 3.91. The number of hydrogen-bond acceptors (Lipinski definition) is 1. The van der Waals surface area contributed by atoms with Crippen molar-refractivity contribution in [2.75, 3.05) is 0 Å². The van der Waals surface area contributed by atoms with Crippen LogP contribution in [0.5, 0.6) is 0 Å². The van der Waals surface area contributed by atoms with E-state index in [2.05, 4.69) is 22.6 Å². The first-order valence-electron chi connectivity index (χ1n) is 4.28. The lowest BCUT2D eigenvalue weighted by atomic mass is 10.1. The van der Waals surface area contributed by atoms with E-state index in [1.54, 1.807) is 12.1 Å². The number of aliphatic hydroxyl groups is 1. The Morgan fingerprint density at radius 3 is 2.64 bits per heavy atom. The van der Waals surface area contributed by atoms with Crippen LogP contribution in [0.2, 0.25) is 5.02 Å². The highest BCUT2D eigenvalue weighted by molar-refractivity contribution is 14.1. The normalized spacial score (nSPS) is 12.4. The van der Waals surface area contributed by atoms with Crippen LogP contribution in [0.15, 0.2) is 29.8 Å². The summed E-state index contributed by atoms with van der Waals surface area (Å²) >= 11 is 8.12. The lowest BCUT2D eigenvalue weighted by molar-refractivity contribution is 0.227. The molecule has 1 N–H and O–H groups in total. The van der Waals surface area contributed by atoms with Crippen molar-refractivity contribution >= 4 is 34.2 Å². The number of allylic oxidation sites excluding steroid dienone is 1. The second-order valence-corrected chi connectivity index (χ2v) is 4.93. The molecule has 0 fully saturated rings. The maximum absolute atomic E-state index is 9.77. The maximum atomic E-state index is 9.77. The fraction of sp³-hybridized carbons (Fsp3) is 0.273. The van der Waals surface area contributed by atoms with E-state index in [9.17, 15) is 5.11 Å². The molecule has 0 saturated heterocycles. The van der Waals surface area contributed by atoms with Crippen LogP contribution < -0.4 is 0 Å².